The number of carbonyl (C=O) groups excluding carboxylic acids is 2. The van der Waals surface area contributed by atoms with Gasteiger partial charge < -0.3 is 10.2 Å². The Morgan fingerprint density at radius 3 is 2.58 bits per heavy atom. The lowest BCUT2D eigenvalue weighted by Gasteiger charge is -2.16. The number of carbonyl (C=O) groups is 2. The fourth-order valence-corrected chi connectivity index (χ4v) is 3.14. The number of halogens is 1. The minimum atomic E-state index is -0.302. The Balaban J connectivity index is 1.53. The van der Waals surface area contributed by atoms with Crippen molar-refractivity contribution in [2.24, 2.45) is 5.92 Å². The summed E-state index contributed by atoms with van der Waals surface area (Å²) in [6, 6.07) is 17.0. The van der Waals surface area contributed by atoms with Gasteiger partial charge in [0.25, 0.3) is 0 Å². The second-order valence-corrected chi connectivity index (χ2v) is 6.28. The molecule has 3 rings (SSSR count). The molecule has 2 aromatic rings. The van der Waals surface area contributed by atoms with Crippen LogP contribution in [0.5, 0.6) is 0 Å². The van der Waals surface area contributed by atoms with Gasteiger partial charge in [0.05, 0.1) is 5.92 Å². The fourth-order valence-electron chi connectivity index (χ4n) is 2.91. The lowest BCUT2D eigenvalue weighted by molar-refractivity contribution is -0.126. The number of benzene rings is 2. The maximum absolute atomic E-state index is 12.3. The van der Waals surface area contributed by atoms with Crippen molar-refractivity contribution >= 4 is 29.1 Å². The van der Waals surface area contributed by atoms with Crippen molar-refractivity contribution in [2.75, 3.05) is 18.0 Å². The van der Waals surface area contributed by atoms with Gasteiger partial charge in [-0.2, -0.15) is 0 Å². The molecule has 5 heteroatoms. The van der Waals surface area contributed by atoms with Crippen molar-refractivity contribution in [3.63, 3.8) is 0 Å². The zero-order valence-electron chi connectivity index (χ0n) is 13.2. The molecular formula is C19H19ClN2O2. The van der Waals surface area contributed by atoms with Crippen LogP contribution in [-0.2, 0) is 16.0 Å². The molecule has 24 heavy (non-hydrogen) atoms. The molecule has 0 aliphatic carbocycles. The Morgan fingerprint density at radius 2 is 1.83 bits per heavy atom. The third-order valence-corrected chi connectivity index (χ3v) is 4.58. The van der Waals surface area contributed by atoms with E-state index >= 15 is 0 Å². The maximum Gasteiger partial charge on any atom is 0.227 e. The summed E-state index contributed by atoms with van der Waals surface area (Å²) in [4.78, 5) is 26.2. The molecule has 4 nitrogen and oxygen atoms in total. The van der Waals surface area contributed by atoms with Gasteiger partial charge >= 0.3 is 0 Å². The van der Waals surface area contributed by atoms with E-state index in [0.717, 1.165) is 11.3 Å². The summed E-state index contributed by atoms with van der Waals surface area (Å²) < 4.78 is 0. The molecule has 0 saturated carbocycles. The molecule has 0 spiro atoms. The smallest absolute Gasteiger partial charge is 0.227 e. The van der Waals surface area contributed by atoms with Gasteiger partial charge in [-0.25, -0.2) is 0 Å². The van der Waals surface area contributed by atoms with Gasteiger partial charge in [0.15, 0.2) is 0 Å². The summed E-state index contributed by atoms with van der Waals surface area (Å²) in [5.41, 5.74) is 1.85. The highest BCUT2D eigenvalue weighted by atomic mass is 35.5. The van der Waals surface area contributed by atoms with E-state index in [0.29, 0.717) is 24.5 Å². The molecule has 124 valence electrons. The summed E-state index contributed by atoms with van der Waals surface area (Å²) in [6.07, 6.45) is 0.932. The van der Waals surface area contributed by atoms with E-state index in [4.69, 9.17) is 11.6 Å². The van der Waals surface area contributed by atoms with Gasteiger partial charge in [-0.15, -0.1) is 0 Å². The number of nitrogens with zero attached hydrogens (tertiary/aromatic N) is 1. The molecule has 1 heterocycles. The van der Waals surface area contributed by atoms with Crippen LogP contribution in [0.4, 0.5) is 5.69 Å². The summed E-state index contributed by atoms with van der Waals surface area (Å²) in [5.74, 6) is -0.384. The molecule has 1 atom stereocenters. The zero-order chi connectivity index (χ0) is 16.9. The summed E-state index contributed by atoms with van der Waals surface area (Å²) in [6.45, 7) is 0.944. The molecule has 1 aliphatic heterocycles. The first kappa shape index (κ1) is 16.5. The molecule has 1 fully saturated rings. The highest BCUT2D eigenvalue weighted by Crippen LogP contribution is 2.24. The average molecular weight is 343 g/mol. The standard InChI is InChI=1S/C19H19ClN2O2/c20-17-9-5-4-6-14(17)10-11-21-19(24)15-12-18(23)22(13-15)16-7-2-1-3-8-16/h1-9,15H,10-13H2,(H,21,24). The van der Waals surface area contributed by atoms with Crippen molar-refractivity contribution in [2.45, 2.75) is 12.8 Å². The van der Waals surface area contributed by atoms with Crippen molar-refractivity contribution in [1.29, 1.82) is 0 Å². The molecular weight excluding hydrogens is 324 g/mol. The first-order chi connectivity index (χ1) is 11.6. The summed E-state index contributed by atoms with van der Waals surface area (Å²) in [7, 11) is 0. The summed E-state index contributed by atoms with van der Waals surface area (Å²) >= 11 is 6.11. The Labute approximate surface area is 146 Å². The Hall–Kier alpha value is -2.33. The highest BCUT2D eigenvalue weighted by Gasteiger charge is 2.34. The fraction of sp³-hybridized carbons (Fsp3) is 0.263. The Morgan fingerprint density at radius 1 is 1.12 bits per heavy atom. The van der Waals surface area contributed by atoms with Gasteiger partial charge in [-0.3, -0.25) is 9.59 Å². The van der Waals surface area contributed by atoms with E-state index < -0.39 is 0 Å². The Kier molecular flexibility index (Phi) is 5.16. The van der Waals surface area contributed by atoms with Gasteiger partial charge in [0.1, 0.15) is 0 Å². The van der Waals surface area contributed by atoms with E-state index in [1.807, 2.05) is 54.6 Å². The number of para-hydroxylation sites is 1. The lowest BCUT2D eigenvalue weighted by atomic mass is 10.1. The number of nitrogens with one attached hydrogen (secondary N) is 1. The number of anilines is 1. The normalized spacial score (nSPS) is 17.1. The largest absolute Gasteiger partial charge is 0.355 e. The third kappa shape index (κ3) is 3.77. The van der Waals surface area contributed by atoms with Crippen molar-refractivity contribution in [1.82, 2.24) is 5.32 Å². The van der Waals surface area contributed by atoms with Crippen LogP contribution in [0.3, 0.4) is 0 Å². The molecule has 1 saturated heterocycles. The van der Waals surface area contributed by atoms with Crippen molar-refractivity contribution in [3.8, 4) is 0 Å². The predicted molar refractivity (Wildman–Crippen MR) is 95.1 cm³/mol. The van der Waals surface area contributed by atoms with Crippen LogP contribution in [0.25, 0.3) is 0 Å². The van der Waals surface area contributed by atoms with E-state index in [-0.39, 0.29) is 24.2 Å². The summed E-state index contributed by atoms with van der Waals surface area (Å²) in [5, 5.41) is 3.62. The van der Waals surface area contributed by atoms with Gasteiger partial charge in [0, 0.05) is 30.2 Å². The zero-order valence-corrected chi connectivity index (χ0v) is 14.0. The maximum atomic E-state index is 12.3. The van der Waals surface area contributed by atoms with Crippen molar-refractivity contribution < 1.29 is 9.59 Å². The quantitative estimate of drug-likeness (QED) is 0.908. The van der Waals surface area contributed by atoms with Gasteiger partial charge in [-0.05, 0) is 30.2 Å². The van der Waals surface area contributed by atoms with E-state index in [9.17, 15) is 9.59 Å². The molecule has 1 N–H and O–H groups in total. The van der Waals surface area contributed by atoms with E-state index in [2.05, 4.69) is 5.32 Å². The van der Waals surface area contributed by atoms with Crippen LogP contribution >= 0.6 is 11.6 Å². The predicted octanol–water partition coefficient (Wildman–Crippen LogP) is 3.05. The van der Waals surface area contributed by atoms with Crippen molar-refractivity contribution in [3.05, 3.63) is 65.2 Å². The molecule has 0 aromatic heterocycles. The highest BCUT2D eigenvalue weighted by molar-refractivity contribution is 6.31. The first-order valence-corrected chi connectivity index (χ1v) is 8.39. The first-order valence-electron chi connectivity index (χ1n) is 8.01. The molecule has 0 radical (unpaired) electrons. The van der Waals surface area contributed by atoms with Crippen LogP contribution in [0, 0.1) is 5.92 Å². The third-order valence-electron chi connectivity index (χ3n) is 4.22. The van der Waals surface area contributed by atoms with Gasteiger partial charge in [-0.1, -0.05) is 48.0 Å². The number of amides is 2. The monoisotopic (exact) mass is 342 g/mol. The van der Waals surface area contributed by atoms with Gasteiger partial charge in [0.2, 0.25) is 11.8 Å². The average Bonchev–Trinajstić information content (AvgIpc) is 2.99. The number of rotatable bonds is 5. The van der Waals surface area contributed by atoms with E-state index in [1.54, 1.807) is 4.90 Å². The van der Waals surface area contributed by atoms with Crippen LogP contribution < -0.4 is 10.2 Å². The Bertz CT molecular complexity index is 733. The minimum Gasteiger partial charge on any atom is -0.355 e. The van der Waals surface area contributed by atoms with Crippen LogP contribution in [-0.4, -0.2) is 24.9 Å². The second-order valence-electron chi connectivity index (χ2n) is 5.87. The SMILES string of the molecule is O=C(NCCc1ccccc1Cl)C1CC(=O)N(c2ccccc2)C1. The topological polar surface area (TPSA) is 49.4 Å². The molecule has 0 bridgehead atoms. The lowest BCUT2D eigenvalue weighted by Crippen LogP contribution is -2.34. The molecule has 2 amide bonds. The van der Waals surface area contributed by atoms with Crippen LogP contribution in [0.2, 0.25) is 5.02 Å². The van der Waals surface area contributed by atoms with E-state index in [1.165, 1.54) is 0 Å². The molecule has 1 unspecified atom stereocenters. The number of hydrogen-bond donors (Lipinski definition) is 1. The molecule has 1 aliphatic rings. The number of hydrogen-bond acceptors (Lipinski definition) is 2. The van der Waals surface area contributed by atoms with Crippen LogP contribution in [0.1, 0.15) is 12.0 Å². The molecule has 2 aromatic carbocycles. The van der Waals surface area contributed by atoms with Crippen LogP contribution in [0.15, 0.2) is 54.6 Å². The second kappa shape index (κ2) is 7.49. The minimum absolute atomic E-state index is 0.00699.